The first-order chi connectivity index (χ1) is 4.98. The van der Waals surface area contributed by atoms with E-state index in [1.807, 2.05) is 0 Å². The van der Waals surface area contributed by atoms with Gasteiger partial charge in [-0.05, 0) is 7.05 Å². The molecule has 12 heavy (non-hydrogen) atoms. The molecule has 0 rings (SSSR count). The second-order valence-electron chi connectivity index (χ2n) is 1.77. The van der Waals surface area contributed by atoms with E-state index < -0.39 is 16.2 Å². The van der Waals surface area contributed by atoms with E-state index in [9.17, 15) is 13.2 Å². The number of rotatable bonds is 4. The van der Waals surface area contributed by atoms with Crippen LogP contribution in [0.15, 0.2) is 0 Å². The van der Waals surface area contributed by atoms with Gasteiger partial charge in [0, 0.05) is 6.54 Å². The van der Waals surface area contributed by atoms with E-state index >= 15 is 0 Å². The van der Waals surface area contributed by atoms with Crippen LogP contribution >= 0.6 is 0 Å². The molecule has 0 aromatic heterocycles. The average Bonchev–Trinajstić information content (AvgIpc) is 1.81. The summed E-state index contributed by atoms with van der Waals surface area (Å²) in [4.78, 5) is 9.98. The van der Waals surface area contributed by atoms with Crippen LogP contribution in [0.1, 0.15) is 0 Å². The van der Waals surface area contributed by atoms with Crippen molar-refractivity contribution >= 4 is 45.8 Å². The first kappa shape index (κ1) is 14.7. The summed E-state index contributed by atoms with van der Waals surface area (Å²) in [7, 11) is -2.20. The molecule has 0 fully saturated rings. The fraction of sp³-hybridized carbons (Fsp3) is 0.750. The summed E-state index contributed by atoms with van der Waals surface area (Å²) in [6.07, 6.45) is -1.30. The number of carbonyl (C=O) groups is 1. The van der Waals surface area contributed by atoms with Crippen LogP contribution in [0.25, 0.3) is 0 Å². The van der Waals surface area contributed by atoms with Crippen LogP contribution in [0, 0.1) is 0 Å². The summed E-state index contributed by atoms with van der Waals surface area (Å²) in [6.45, 7) is 0.218. The summed E-state index contributed by atoms with van der Waals surface area (Å²) in [6, 6.07) is 0. The Hall–Kier alpha value is 0.180. The van der Waals surface area contributed by atoms with Crippen LogP contribution < -0.4 is 11.1 Å². The van der Waals surface area contributed by atoms with Gasteiger partial charge in [-0.15, -0.1) is 0 Å². The fourth-order valence-electron chi connectivity index (χ4n) is 0.394. The first-order valence-corrected chi connectivity index (χ1v) is 4.42. The maximum atomic E-state index is 10.6. The molecule has 6 nitrogen and oxygen atoms in total. The molecule has 0 radical (unpaired) electrons. The zero-order valence-electron chi connectivity index (χ0n) is 6.03. The van der Waals surface area contributed by atoms with Crippen molar-refractivity contribution in [3.05, 3.63) is 0 Å². The van der Waals surface area contributed by atoms with Crippen molar-refractivity contribution < 1.29 is 17.4 Å². The number of amides is 1. The van der Waals surface area contributed by atoms with Crippen LogP contribution in [0.2, 0.25) is 0 Å². The summed E-state index contributed by atoms with van der Waals surface area (Å²) >= 11 is 0. The van der Waals surface area contributed by atoms with Gasteiger partial charge in [0.1, 0.15) is 0 Å². The Morgan fingerprint density at radius 3 is 2.42 bits per heavy atom. The third kappa shape index (κ3) is 8.28. The van der Waals surface area contributed by atoms with E-state index in [2.05, 4.69) is 15.2 Å². The Morgan fingerprint density at radius 1 is 1.58 bits per heavy atom. The van der Waals surface area contributed by atoms with Crippen molar-refractivity contribution in [2.24, 2.45) is 5.73 Å². The molecule has 0 unspecified atom stereocenters. The zero-order valence-corrected chi connectivity index (χ0v) is 6.85. The quantitative estimate of drug-likeness (QED) is 0.409. The van der Waals surface area contributed by atoms with E-state index in [1.165, 1.54) is 0 Å². The molecule has 0 heterocycles. The molecule has 0 saturated heterocycles. The Morgan fingerprint density at radius 2 is 2.08 bits per heavy atom. The van der Waals surface area contributed by atoms with Gasteiger partial charge in [0.25, 0.3) is 0 Å². The Balaban J connectivity index is 0. The Kier molecular flexibility index (Phi) is 8.17. The van der Waals surface area contributed by atoms with Gasteiger partial charge in [-0.2, -0.15) is 8.42 Å². The van der Waals surface area contributed by atoms with Crippen LogP contribution in [0.3, 0.4) is 0 Å². The summed E-state index contributed by atoms with van der Waals surface area (Å²) < 4.78 is 25.1. The molecule has 0 aromatic rings. The molecular formula is C4H11N2NaO4S. The summed E-state index contributed by atoms with van der Waals surface area (Å²) in [5.41, 5.74) is 4.49. The van der Waals surface area contributed by atoms with E-state index in [1.54, 1.807) is 7.05 Å². The van der Waals surface area contributed by atoms with Gasteiger partial charge in [0.15, 0.2) is 0 Å². The third-order valence-corrected chi connectivity index (χ3v) is 1.93. The van der Waals surface area contributed by atoms with Crippen molar-refractivity contribution in [3.8, 4) is 0 Å². The van der Waals surface area contributed by atoms with Crippen molar-refractivity contribution in [1.82, 2.24) is 5.32 Å². The zero-order chi connectivity index (χ0) is 8.91. The predicted octanol–water partition coefficient (Wildman–Crippen LogP) is -2.02. The molecule has 0 aliphatic rings. The molecular weight excluding hydrogens is 195 g/mol. The van der Waals surface area contributed by atoms with E-state index in [4.69, 9.17) is 0 Å². The normalized spacial score (nSPS) is 10.1. The molecule has 0 spiro atoms. The summed E-state index contributed by atoms with van der Waals surface area (Å²) in [5.74, 6) is -0.271. The van der Waals surface area contributed by atoms with Gasteiger partial charge < -0.3 is 15.2 Å². The van der Waals surface area contributed by atoms with Gasteiger partial charge in [-0.1, -0.05) is 0 Å². The molecule has 3 N–H and O–H groups in total. The van der Waals surface area contributed by atoms with Gasteiger partial charge in [-0.25, -0.2) is 4.79 Å². The molecule has 0 aromatic carbocycles. The minimum atomic E-state index is -3.78. The topological polar surface area (TPSA) is 98.5 Å². The van der Waals surface area contributed by atoms with Crippen molar-refractivity contribution in [1.29, 1.82) is 0 Å². The van der Waals surface area contributed by atoms with Gasteiger partial charge in [0.05, 0.1) is 5.75 Å². The van der Waals surface area contributed by atoms with E-state index in [0.29, 0.717) is 0 Å². The predicted molar refractivity (Wildman–Crippen MR) is 45.5 cm³/mol. The standard InChI is InChI=1S/C4H10N2O4S.Na.H/c1-6-2-3-11(8,9)10-4(5)7;;/h6H,2-3H2,1H3,(H2,5,7);;. The maximum absolute atomic E-state index is 10.6. The number of nitrogens with one attached hydrogen (secondary N) is 1. The fourth-order valence-corrected chi connectivity index (χ4v) is 1.18. The minimum absolute atomic E-state index is 0. The van der Waals surface area contributed by atoms with Crippen LogP contribution in [-0.4, -0.2) is 63.4 Å². The Bertz CT molecular complexity index is 227. The SMILES string of the molecule is CNCCS(=O)(=O)OC(N)=O.[NaH]. The van der Waals surface area contributed by atoms with E-state index in [-0.39, 0.29) is 41.9 Å². The average molecular weight is 206 g/mol. The van der Waals surface area contributed by atoms with Gasteiger partial charge >= 0.3 is 45.8 Å². The van der Waals surface area contributed by atoms with Crippen molar-refractivity contribution in [2.75, 3.05) is 19.3 Å². The van der Waals surface area contributed by atoms with Crippen LogP contribution in [0.4, 0.5) is 4.79 Å². The molecule has 0 atom stereocenters. The molecule has 0 saturated carbocycles. The number of hydrogen-bond acceptors (Lipinski definition) is 5. The number of nitrogens with two attached hydrogens (primary N) is 1. The third-order valence-electron chi connectivity index (χ3n) is 0.811. The summed E-state index contributed by atoms with van der Waals surface area (Å²) in [5, 5.41) is 2.59. The number of hydrogen-bond donors (Lipinski definition) is 2. The second-order valence-corrected chi connectivity index (χ2v) is 3.46. The van der Waals surface area contributed by atoms with Crippen molar-refractivity contribution in [2.45, 2.75) is 0 Å². The van der Waals surface area contributed by atoms with Crippen LogP contribution in [0.5, 0.6) is 0 Å². The Labute approximate surface area is 93.2 Å². The van der Waals surface area contributed by atoms with Gasteiger partial charge in [0.2, 0.25) is 0 Å². The van der Waals surface area contributed by atoms with Crippen molar-refractivity contribution in [3.63, 3.8) is 0 Å². The molecule has 68 valence electrons. The molecule has 0 aliphatic heterocycles. The number of primary amides is 1. The molecule has 0 aliphatic carbocycles. The monoisotopic (exact) mass is 206 g/mol. The first-order valence-electron chi connectivity index (χ1n) is 2.84. The van der Waals surface area contributed by atoms with Gasteiger partial charge in [-0.3, -0.25) is 0 Å². The second kappa shape index (κ2) is 6.67. The van der Waals surface area contributed by atoms with Crippen LogP contribution in [-0.2, 0) is 14.3 Å². The molecule has 0 bridgehead atoms. The number of carbonyl (C=O) groups excluding carboxylic acids is 1. The molecule has 1 amide bonds. The van der Waals surface area contributed by atoms with E-state index in [0.717, 1.165) is 0 Å². The molecule has 8 heteroatoms.